The largest absolute Gasteiger partial charge is 0.262 e. The fraction of sp³-hybridized carbons (Fsp3) is 0.130. The molecule has 0 saturated carbocycles. The van der Waals surface area contributed by atoms with Crippen molar-refractivity contribution in [1.29, 1.82) is 0 Å². The van der Waals surface area contributed by atoms with Gasteiger partial charge >= 0.3 is 0 Å². The predicted octanol–water partition coefficient (Wildman–Crippen LogP) is 1.87. The third-order valence-electron chi connectivity index (χ3n) is 3.12. The monoisotopic (exact) mass is 472 g/mol. The summed E-state index contributed by atoms with van der Waals surface area (Å²) in [7, 11) is 0. The SMILES string of the molecule is C1CNNC1.c1cnccn1.c1cnccn1.c1cnccn1.c1cnccn1.c1cnccn1. The van der Waals surface area contributed by atoms with Gasteiger partial charge in [0.1, 0.15) is 0 Å². The normalized spacial score (nSPS) is 10.3. The van der Waals surface area contributed by atoms with Gasteiger partial charge in [-0.15, -0.1) is 0 Å². The van der Waals surface area contributed by atoms with Crippen molar-refractivity contribution < 1.29 is 0 Å². The van der Waals surface area contributed by atoms with E-state index in [0.29, 0.717) is 0 Å². The molecule has 6 rings (SSSR count). The Morgan fingerprint density at radius 3 is 0.457 bits per heavy atom. The van der Waals surface area contributed by atoms with Gasteiger partial charge in [0.2, 0.25) is 0 Å². The summed E-state index contributed by atoms with van der Waals surface area (Å²) in [6, 6.07) is 0. The van der Waals surface area contributed by atoms with Gasteiger partial charge in [0.05, 0.1) is 0 Å². The lowest BCUT2D eigenvalue weighted by Gasteiger charge is -1.81. The van der Waals surface area contributed by atoms with Gasteiger partial charge in [-0.2, -0.15) is 0 Å². The Morgan fingerprint density at radius 1 is 0.257 bits per heavy atom. The zero-order valence-electron chi connectivity index (χ0n) is 19.1. The maximum Gasteiger partial charge on any atom is 0.0451 e. The van der Waals surface area contributed by atoms with Crippen LogP contribution in [0.15, 0.2) is 124 Å². The van der Waals surface area contributed by atoms with Crippen LogP contribution < -0.4 is 10.9 Å². The summed E-state index contributed by atoms with van der Waals surface area (Å²) in [5, 5.41) is 0. The van der Waals surface area contributed by atoms with E-state index in [9.17, 15) is 0 Å². The summed E-state index contributed by atoms with van der Waals surface area (Å²) in [4.78, 5) is 37.2. The van der Waals surface area contributed by atoms with E-state index in [0.717, 1.165) is 13.1 Å². The Labute approximate surface area is 204 Å². The fourth-order valence-electron chi connectivity index (χ4n) is 1.71. The maximum absolute atomic E-state index is 3.72. The molecule has 6 heterocycles. The van der Waals surface area contributed by atoms with E-state index >= 15 is 0 Å². The molecule has 0 bridgehead atoms. The summed E-state index contributed by atoms with van der Waals surface area (Å²) < 4.78 is 0. The number of hydrogen-bond acceptors (Lipinski definition) is 12. The molecule has 1 saturated heterocycles. The first-order chi connectivity index (χ1) is 17.5. The van der Waals surface area contributed by atoms with Crippen LogP contribution in [-0.4, -0.2) is 62.9 Å². The first-order valence-corrected chi connectivity index (χ1v) is 10.5. The van der Waals surface area contributed by atoms with Crippen LogP contribution in [0.1, 0.15) is 6.42 Å². The Balaban J connectivity index is 0.000000210. The van der Waals surface area contributed by atoms with Gasteiger partial charge in [-0.05, 0) is 6.42 Å². The molecular formula is C23H28N12. The molecule has 5 aromatic heterocycles. The molecular weight excluding hydrogens is 444 g/mol. The molecule has 0 unspecified atom stereocenters. The number of nitrogens with one attached hydrogen (secondary N) is 2. The Kier molecular flexibility index (Phi) is 20.7. The topological polar surface area (TPSA) is 153 Å². The minimum atomic E-state index is 1.14. The van der Waals surface area contributed by atoms with E-state index in [1.807, 2.05) is 0 Å². The average molecular weight is 473 g/mol. The highest BCUT2D eigenvalue weighted by molar-refractivity contribution is 4.73. The highest BCUT2D eigenvalue weighted by atomic mass is 15.4. The zero-order valence-corrected chi connectivity index (χ0v) is 19.1. The minimum Gasteiger partial charge on any atom is -0.262 e. The molecule has 12 nitrogen and oxygen atoms in total. The molecule has 1 aliphatic rings. The van der Waals surface area contributed by atoms with E-state index in [2.05, 4.69) is 60.7 Å². The smallest absolute Gasteiger partial charge is 0.0451 e. The van der Waals surface area contributed by atoms with Crippen LogP contribution in [-0.2, 0) is 0 Å². The van der Waals surface area contributed by atoms with E-state index in [4.69, 9.17) is 0 Å². The van der Waals surface area contributed by atoms with Crippen LogP contribution in [0.25, 0.3) is 0 Å². The van der Waals surface area contributed by atoms with Crippen molar-refractivity contribution in [2.75, 3.05) is 13.1 Å². The Morgan fingerprint density at radius 2 is 0.400 bits per heavy atom. The molecule has 0 atom stereocenters. The highest BCUT2D eigenvalue weighted by Gasteiger charge is 1.91. The van der Waals surface area contributed by atoms with Crippen LogP contribution in [0.5, 0.6) is 0 Å². The second-order valence-electron chi connectivity index (χ2n) is 5.68. The third-order valence-corrected chi connectivity index (χ3v) is 3.12. The second kappa shape index (κ2) is 25.6. The maximum atomic E-state index is 3.72. The van der Waals surface area contributed by atoms with Gasteiger partial charge < -0.3 is 0 Å². The summed E-state index contributed by atoms with van der Waals surface area (Å²) in [5.41, 5.74) is 5.94. The number of hydrogen-bond donors (Lipinski definition) is 2. The minimum absolute atomic E-state index is 1.14. The molecule has 0 aliphatic carbocycles. The third kappa shape index (κ3) is 23.8. The van der Waals surface area contributed by atoms with Crippen molar-refractivity contribution in [2.45, 2.75) is 6.42 Å². The van der Waals surface area contributed by atoms with Crippen molar-refractivity contribution in [3.8, 4) is 0 Å². The molecule has 2 N–H and O–H groups in total. The van der Waals surface area contributed by atoms with Crippen LogP contribution in [0.3, 0.4) is 0 Å². The molecule has 180 valence electrons. The van der Waals surface area contributed by atoms with Crippen LogP contribution in [0, 0.1) is 0 Å². The number of hydrazine groups is 1. The number of nitrogens with zero attached hydrogens (tertiary/aromatic N) is 10. The second-order valence-corrected chi connectivity index (χ2v) is 5.68. The van der Waals surface area contributed by atoms with Crippen molar-refractivity contribution in [3.63, 3.8) is 0 Å². The van der Waals surface area contributed by atoms with Gasteiger partial charge in [0, 0.05) is 137 Å². The number of aromatic nitrogens is 10. The molecule has 0 spiro atoms. The van der Waals surface area contributed by atoms with Crippen LogP contribution >= 0.6 is 0 Å². The molecule has 0 amide bonds. The fourth-order valence-corrected chi connectivity index (χ4v) is 1.71. The predicted molar refractivity (Wildman–Crippen MR) is 131 cm³/mol. The number of rotatable bonds is 0. The molecule has 1 aliphatic heterocycles. The van der Waals surface area contributed by atoms with Crippen molar-refractivity contribution in [3.05, 3.63) is 124 Å². The van der Waals surface area contributed by atoms with E-state index in [-0.39, 0.29) is 0 Å². The first kappa shape index (κ1) is 28.4. The molecule has 0 radical (unpaired) electrons. The standard InChI is InChI=1S/5C4H4N2.C3H8N2/c5*1-2-6-4-3-5-1;1-2-4-5-3-1/h5*1-4H;4-5H,1-3H2. The Bertz CT molecular complexity index is 641. The van der Waals surface area contributed by atoms with Gasteiger partial charge in [0.25, 0.3) is 0 Å². The average Bonchev–Trinajstić information content (AvgIpc) is 3.60. The van der Waals surface area contributed by atoms with Gasteiger partial charge in [-0.1, -0.05) is 0 Å². The lowest BCUT2D eigenvalue weighted by molar-refractivity contribution is 0.689. The summed E-state index contributed by atoms with van der Waals surface area (Å²) in [5.74, 6) is 0. The first-order valence-electron chi connectivity index (χ1n) is 10.5. The summed E-state index contributed by atoms with van der Waals surface area (Å²) >= 11 is 0. The van der Waals surface area contributed by atoms with Crippen LogP contribution in [0.4, 0.5) is 0 Å². The molecule has 0 aromatic carbocycles. The highest BCUT2D eigenvalue weighted by Crippen LogP contribution is 1.74. The molecule has 5 aromatic rings. The molecule has 35 heavy (non-hydrogen) atoms. The van der Waals surface area contributed by atoms with E-state index < -0.39 is 0 Å². The summed E-state index contributed by atoms with van der Waals surface area (Å²) in [6.07, 6.45) is 34.1. The molecule has 12 heteroatoms. The van der Waals surface area contributed by atoms with Gasteiger partial charge in [0.15, 0.2) is 0 Å². The van der Waals surface area contributed by atoms with Crippen molar-refractivity contribution >= 4 is 0 Å². The van der Waals surface area contributed by atoms with E-state index in [1.54, 1.807) is 124 Å². The van der Waals surface area contributed by atoms with Crippen LogP contribution in [0.2, 0.25) is 0 Å². The van der Waals surface area contributed by atoms with Gasteiger partial charge in [-0.25, -0.2) is 0 Å². The van der Waals surface area contributed by atoms with Gasteiger partial charge in [-0.3, -0.25) is 60.7 Å². The van der Waals surface area contributed by atoms with Crippen molar-refractivity contribution in [1.82, 2.24) is 60.7 Å². The summed E-state index contributed by atoms with van der Waals surface area (Å²) in [6.45, 7) is 2.28. The van der Waals surface area contributed by atoms with E-state index in [1.165, 1.54) is 6.42 Å². The Hall–Kier alpha value is -4.68. The lowest BCUT2D eigenvalue weighted by atomic mass is 10.5. The molecule has 1 fully saturated rings. The van der Waals surface area contributed by atoms with Crippen molar-refractivity contribution in [2.24, 2.45) is 0 Å². The zero-order chi connectivity index (χ0) is 24.7. The lowest BCUT2D eigenvalue weighted by Crippen LogP contribution is -2.21. The quantitative estimate of drug-likeness (QED) is 0.338.